The van der Waals surface area contributed by atoms with Crippen molar-refractivity contribution in [1.29, 1.82) is 0 Å². The number of rotatable bonds is 3. The SMILES string of the molecule is O=C(/C=C/c1ccccc1)c1cccc(F)c1C(F)(F)F. The van der Waals surface area contributed by atoms with Gasteiger partial charge in [-0.3, -0.25) is 4.79 Å². The van der Waals surface area contributed by atoms with Crippen molar-refractivity contribution >= 4 is 11.9 Å². The second-order valence-electron chi connectivity index (χ2n) is 4.27. The zero-order valence-corrected chi connectivity index (χ0v) is 10.7. The predicted molar refractivity (Wildman–Crippen MR) is 71.2 cm³/mol. The predicted octanol–water partition coefficient (Wildman–Crippen LogP) is 4.74. The fourth-order valence-electron chi connectivity index (χ4n) is 1.84. The molecule has 2 rings (SSSR count). The number of halogens is 4. The number of carbonyl (C=O) groups is 1. The van der Waals surface area contributed by atoms with Gasteiger partial charge in [-0.2, -0.15) is 13.2 Å². The highest BCUT2D eigenvalue weighted by molar-refractivity contribution is 6.07. The molecule has 2 aromatic rings. The Bertz CT molecular complexity index is 672. The van der Waals surface area contributed by atoms with Crippen LogP contribution in [0.5, 0.6) is 0 Å². The highest BCUT2D eigenvalue weighted by Crippen LogP contribution is 2.34. The first kappa shape index (κ1) is 15.0. The molecule has 0 spiro atoms. The maximum Gasteiger partial charge on any atom is 0.419 e. The van der Waals surface area contributed by atoms with Gasteiger partial charge in [0.1, 0.15) is 11.4 Å². The summed E-state index contributed by atoms with van der Waals surface area (Å²) in [5.41, 5.74) is -1.57. The standard InChI is InChI=1S/C16H10F4O/c17-13-8-4-7-12(15(13)16(18,19)20)14(21)10-9-11-5-2-1-3-6-11/h1-10H/b10-9+. The van der Waals surface area contributed by atoms with E-state index in [0.29, 0.717) is 11.6 Å². The van der Waals surface area contributed by atoms with Gasteiger partial charge in [0, 0.05) is 5.56 Å². The van der Waals surface area contributed by atoms with E-state index in [1.165, 1.54) is 6.08 Å². The van der Waals surface area contributed by atoms with E-state index >= 15 is 0 Å². The van der Waals surface area contributed by atoms with Crippen molar-refractivity contribution in [3.8, 4) is 0 Å². The smallest absolute Gasteiger partial charge is 0.289 e. The van der Waals surface area contributed by atoms with Crippen molar-refractivity contribution in [3.05, 3.63) is 77.1 Å². The molecule has 0 bridgehead atoms. The van der Waals surface area contributed by atoms with Crippen LogP contribution in [0.15, 0.2) is 54.6 Å². The first-order valence-electron chi connectivity index (χ1n) is 6.03. The lowest BCUT2D eigenvalue weighted by Gasteiger charge is -2.11. The van der Waals surface area contributed by atoms with E-state index in [0.717, 1.165) is 18.2 Å². The minimum absolute atomic E-state index is 0.663. The van der Waals surface area contributed by atoms with Crippen LogP contribution in [-0.4, -0.2) is 5.78 Å². The van der Waals surface area contributed by atoms with Gasteiger partial charge >= 0.3 is 6.18 Å². The maximum atomic E-state index is 13.4. The van der Waals surface area contributed by atoms with Gasteiger partial charge in [0.2, 0.25) is 0 Å². The zero-order chi connectivity index (χ0) is 15.5. The van der Waals surface area contributed by atoms with E-state index in [1.54, 1.807) is 30.3 Å². The van der Waals surface area contributed by atoms with Crippen LogP contribution in [0.25, 0.3) is 6.08 Å². The maximum absolute atomic E-state index is 13.4. The van der Waals surface area contributed by atoms with Crippen molar-refractivity contribution in [2.45, 2.75) is 6.18 Å². The van der Waals surface area contributed by atoms with Gasteiger partial charge < -0.3 is 0 Å². The van der Waals surface area contributed by atoms with Crippen LogP contribution < -0.4 is 0 Å². The molecule has 5 heteroatoms. The summed E-state index contributed by atoms with van der Waals surface area (Å²) in [5.74, 6) is -2.35. The molecule has 0 N–H and O–H groups in total. The molecule has 0 atom stereocenters. The van der Waals surface area contributed by atoms with Crippen molar-refractivity contribution < 1.29 is 22.4 Å². The Morgan fingerprint density at radius 3 is 2.24 bits per heavy atom. The van der Waals surface area contributed by atoms with Crippen LogP contribution in [0.3, 0.4) is 0 Å². The molecule has 2 aromatic carbocycles. The van der Waals surface area contributed by atoms with E-state index < -0.39 is 28.9 Å². The van der Waals surface area contributed by atoms with E-state index in [2.05, 4.69) is 0 Å². The second kappa shape index (κ2) is 5.91. The highest BCUT2D eigenvalue weighted by Gasteiger charge is 2.37. The van der Waals surface area contributed by atoms with E-state index in [1.807, 2.05) is 0 Å². The number of benzene rings is 2. The fraction of sp³-hybridized carbons (Fsp3) is 0.0625. The van der Waals surface area contributed by atoms with Crippen LogP contribution in [0.2, 0.25) is 0 Å². The lowest BCUT2D eigenvalue weighted by Crippen LogP contribution is -2.14. The quantitative estimate of drug-likeness (QED) is 0.454. The molecule has 21 heavy (non-hydrogen) atoms. The van der Waals surface area contributed by atoms with Gasteiger partial charge in [-0.25, -0.2) is 4.39 Å². The Balaban J connectivity index is 2.37. The van der Waals surface area contributed by atoms with Gasteiger partial charge in [0.05, 0.1) is 0 Å². The van der Waals surface area contributed by atoms with Crippen molar-refractivity contribution in [2.24, 2.45) is 0 Å². The summed E-state index contributed by atoms with van der Waals surface area (Å²) in [7, 11) is 0. The molecule has 0 heterocycles. The summed E-state index contributed by atoms with van der Waals surface area (Å²) >= 11 is 0. The van der Waals surface area contributed by atoms with E-state index in [-0.39, 0.29) is 0 Å². The summed E-state index contributed by atoms with van der Waals surface area (Å²) in [6.07, 6.45) is -2.54. The van der Waals surface area contributed by atoms with E-state index in [4.69, 9.17) is 0 Å². The topological polar surface area (TPSA) is 17.1 Å². The third kappa shape index (κ3) is 3.56. The van der Waals surface area contributed by atoms with Gasteiger partial charge in [-0.05, 0) is 17.7 Å². The average Bonchev–Trinajstić information content (AvgIpc) is 2.44. The lowest BCUT2D eigenvalue weighted by atomic mass is 10.0. The lowest BCUT2D eigenvalue weighted by molar-refractivity contribution is -0.140. The summed E-state index contributed by atoms with van der Waals surface area (Å²) in [5, 5.41) is 0. The fourth-order valence-corrected chi connectivity index (χ4v) is 1.84. The van der Waals surface area contributed by atoms with Crippen LogP contribution in [0.1, 0.15) is 21.5 Å². The summed E-state index contributed by atoms with van der Waals surface area (Å²) in [6.45, 7) is 0. The van der Waals surface area contributed by atoms with Crippen molar-refractivity contribution in [2.75, 3.05) is 0 Å². The molecule has 0 saturated carbocycles. The third-order valence-electron chi connectivity index (χ3n) is 2.79. The molecule has 0 aromatic heterocycles. The Morgan fingerprint density at radius 2 is 1.62 bits per heavy atom. The average molecular weight is 294 g/mol. The number of alkyl halides is 3. The molecule has 0 fully saturated rings. The first-order chi connectivity index (χ1) is 9.89. The molecule has 0 unspecified atom stereocenters. The number of allylic oxidation sites excluding steroid dienone is 1. The molecule has 1 nitrogen and oxygen atoms in total. The van der Waals surface area contributed by atoms with Crippen LogP contribution >= 0.6 is 0 Å². The van der Waals surface area contributed by atoms with Gasteiger partial charge in [0.15, 0.2) is 5.78 Å². The van der Waals surface area contributed by atoms with Gasteiger partial charge in [-0.1, -0.05) is 48.5 Å². The Labute approximate surface area is 118 Å². The molecule has 0 aliphatic carbocycles. The largest absolute Gasteiger partial charge is 0.419 e. The zero-order valence-electron chi connectivity index (χ0n) is 10.7. The van der Waals surface area contributed by atoms with Crippen LogP contribution in [-0.2, 0) is 6.18 Å². The monoisotopic (exact) mass is 294 g/mol. The second-order valence-corrected chi connectivity index (χ2v) is 4.27. The minimum atomic E-state index is -4.92. The van der Waals surface area contributed by atoms with Crippen molar-refractivity contribution in [3.63, 3.8) is 0 Å². The minimum Gasteiger partial charge on any atom is -0.289 e. The van der Waals surface area contributed by atoms with Gasteiger partial charge in [-0.15, -0.1) is 0 Å². The summed E-state index contributed by atoms with van der Waals surface area (Å²) in [6, 6.07) is 11.3. The number of hydrogen-bond acceptors (Lipinski definition) is 1. The Morgan fingerprint density at radius 1 is 0.952 bits per heavy atom. The van der Waals surface area contributed by atoms with Gasteiger partial charge in [0.25, 0.3) is 0 Å². The molecular weight excluding hydrogens is 284 g/mol. The third-order valence-corrected chi connectivity index (χ3v) is 2.79. The number of hydrogen-bond donors (Lipinski definition) is 0. The molecule has 0 aliphatic rings. The highest BCUT2D eigenvalue weighted by atomic mass is 19.4. The van der Waals surface area contributed by atoms with Crippen LogP contribution in [0, 0.1) is 5.82 Å². The number of ketones is 1. The Kier molecular flexibility index (Phi) is 4.21. The Hall–Kier alpha value is -2.43. The summed E-state index contributed by atoms with van der Waals surface area (Å²) in [4.78, 5) is 11.9. The number of carbonyl (C=O) groups excluding carboxylic acids is 1. The first-order valence-corrected chi connectivity index (χ1v) is 6.03. The normalized spacial score (nSPS) is 11.8. The van der Waals surface area contributed by atoms with Crippen molar-refractivity contribution in [1.82, 2.24) is 0 Å². The molecule has 0 radical (unpaired) electrons. The molecule has 0 aliphatic heterocycles. The van der Waals surface area contributed by atoms with E-state index in [9.17, 15) is 22.4 Å². The molecule has 0 amide bonds. The molecule has 0 saturated heterocycles. The molecular formula is C16H10F4O. The summed E-state index contributed by atoms with van der Waals surface area (Å²) < 4.78 is 51.8. The molecule has 108 valence electrons. The van der Waals surface area contributed by atoms with Crippen LogP contribution in [0.4, 0.5) is 17.6 Å².